The largest absolute Gasteiger partial charge is 0.350 e. The Morgan fingerprint density at radius 2 is 1.96 bits per heavy atom. The molecule has 7 heteroatoms. The molecule has 140 valence electrons. The van der Waals surface area contributed by atoms with Crippen LogP contribution in [-0.4, -0.2) is 27.4 Å². The molecule has 1 aliphatic rings. The smallest absolute Gasteiger partial charge is 0.316 e. The lowest BCUT2D eigenvalue weighted by atomic mass is 9.99. The Morgan fingerprint density at radius 1 is 1.15 bits per heavy atom. The van der Waals surface area contributed by atoms with E-state index in [1.165, 1.54) is 4.68 Å². The second-order valence-electron chi connectivity index (χ2n) is 6.75. The molecule has 2 heterocycles. The molecule has 0 spiro atoms. The molecule has 1 saturated heterocycles. The Morgan fingerprint density at radius 3 is 2.70 bits per heavy atom. The molecule has 4 rings (SSSR count). The molecule has 1 unspecified atom stereocenters. The highest BCUT2D eigenvalue weighted by molar-refractivity contribution is 5.33. The number of halogens is 2. The first-order chi connectivity index (χ1) is 13.1. The minimum atomic E-state index is -0.557. The number of aromatic nitrogens is 3. The summed E-state index contributed by atoms with van der Waals surface area (Å²) in [4.78, 5) is 13.1. The van der Waals surface area contributed by atoms with Crippen molar-refractivity contribution >= 4 is 0 Å². The molecule has 27 heavy (non-hydrogen) atoms. The summed E-state index contributed by atoms with van der Waals surface area (Å²) >= 11 is 0. The Balaban J connectivity index is 1.80. The van der Waals surface area contributed by atoms with Crippen molar-refractivity contribution in [2.24, 2.45) is 0 Å². The fourth-order valence-electron chi connectivity index (χ4n) is 3.51. The van der Waals surface area contributed by atoms with Gasteiger partial charge >= 0.3 is 5.69 Å². The maximum atomic E-state index is 14.0. The van der Waals surface area contributed by atoms with Crippen LogP contribution >= 0.6 is 0 Å². The van der Waals surface area contributed by atoms with Crippen LogP contribution in [0.5, 0.6) is 0 Å². The van der Waals surface area contributed by atoms with E-state index in [0.717, 1.165) is 44.1 Å². The van der Waals surface area contributed by atoms with Gasteiger partial charge in [0, 0.05) is 18.0 Å². The molecule has 1 aliphatic heterocycles. The van der Waals surface area contributed by atoms with Crippen LogP contribution in [0.25, 0.3) is 5.69 Å². The maximum Gasteiger partial charge on any atom is 0.350 e. The van der Waals surface area contributed by atoms with E-state index in [2.05, 4.69) is 10.4 Å². The zero-order valence-electron chi connectivity index (χ0n) is 14.7. The summed E-state index contributed by atoms with van der Waals surface area (Å²) in [5.41, 5.74) is 0.461. The first-order valence-electron chi connectivity index (χ1n) is 9.03. The number of para-hydroxylation sites is 1. The molecule has 1 atom stereocenters. The highest BCUT2D eigenvalue weighted by Crippen LogP contribution is 2.23. The fraction of sp³-hybridized carbons (Fsp3) is 0.300. The van der Waals surface area contributed by atoms with Gasteiger partial charge in [0.25, 0.3) is 0 Å². The normalized spacial score (nSPS) is 17.2. The summed E-state index contributed by atoms with van der Waals surface area (Å²) in [5.74, 6) is -0.363. The van der Waals surface area contributed by atoms with Crippen molar-refractivity contribution in [2.75, 3.05) is 13.1 Å². The van der Waals surface area contributed by atoms with Crippen LogP contribution in [0.15, 0.2) is 53.3 Å². The number of nitrogens with one attached hydrogen (secondary N) is 1. The minimum absolute atomic E-state index is 0.0882. The van der Waals surface area contributed by atoms with E-state index in [1.807, 2.05) is 30.3 Å². The van der Waals surface area contributed by atoms with E-state index in [9.17, 15) is 13.6 Å². The molecule has 1 fully saturated rings. The summed E-state index contributed by atoms with van der Waals surface area (Å²) in [5, 5.41) is 7.85. The molecule has 1 N–H and O–H groups in total. The number of rotatable bonds is 4. The second kappa shape index (κ2) is 7.44. The lowest BCUT2D eigenvalue weighted by Gasteiger charge is -2.22. The molecule has 0 radical (unpaired) electrons. The predicted molar refractivity (Wildman–Crippen MR) is 98.1 cm³/mol. The topological polar surface area (TPSA) is 51.9 Å². The predicted octanol–water partition coefficient (Wildman–Crippen LogP) is 2.83. The molecule has 0 aliphatic carbocycles. The van der Waals surface area contributed by atoms with Crippen LogP contribution in [0.1, 0.15) is 30.1 Å². The van der Waals surface area contributed by atoms with Crippen molar-refractivity contribution in [1.82, 2.24) is 19.7 Å². The highest BCUT2D eigenvalue weighted by atomic mass is 19.1. The first kappa shape index (κ1) is 17.6. The highest BCUT2D eigenvalue weighted by Gasteiger charge is 2.25. The Kier molecular flexibility index (Phi) is 4.85. The van der Waals surface area contributed by atoms with Crippen molar-refractivity contribution in [3.8, 4) is 5.69 Å². The van der Waals surface area contributed by atoms with Gasteiger partial charge in [-0.2, -0.15) is 5.10 Å². The van der Waals surface area contributed by atoms with Crippen molar-refractivity contribution in [1.29, 1.82) is 0 Å². The number of hydrogen-bond donors (Lipinski definition) is 1. The SMILES string of the molecule is O=c1n(Cc2cc(F)ccc2F)nc(C2CCCNC2)n1-c1ccccc1. The lowest BCUT2D eigenvalue weighted by molar-refractivity contribution is 0.439. The summed E-state index contributed by atoms with van der Waals surface area (Å²) in [6.45, 7) is 1.56. The quantitative estimate of drug-likeness (QED) is 0.768. The van der Waals surface area contributed by atoms with Crippen molar-refractivity contribution in [2.45, 2.75) is 25.3 Å². The molecular formula is C20H20F2N4O. The van der Waals surface area contributed by atoms with Gasteiger partial charge in [0.15, 0.2) is 0 Å². The molecule has 5 nitrogen and oxygen atoms in total. The summed E-state index contributed by atoms with van der Waals surface area (Å²) in [6, 6.07) is 12.5. The third-order valence-corrected chi connectivity index (χ3v) is 4.87. The zero-order valence-corrected chi connectivity index (χ0v) is 14.7. The molecule has 3 aromatic rings. The van der Waals surface area contributed by atoms with Gasteiger partial charge < -0.3 is 5.32 Å². The van der Waals surface area contributed by atoms with E-state index in [0.29, 0.717) is 11.5 Å². The Hall–Kier alpha value is -2.80. The molecule has 0 bridgehead atoms. The Bertz CT molecular complexity index is 991. The van der Waals surface area contributed by atoms with Crippen molar-refractivity contribution in [3.05, 3.63) is 82.0 Å². The molecule has 0 amide bonds. The lowest BCUT2D eigenvalue weighted by Crippen LogP contribution is -2.31. The van der Waals surface area contributed by atoms with E-state index in [1.54, 1.807) is 4.57 Å². The van der Waals surface area contributed by atoms with E-state index in [4.69, 9.17) is 0 Å². The number of piperidine rings is 1. The van der Waals surface area contributed by atoms with Gasteiger partial charge in [-0.1, -0.05) is 18.2 Å². The van der Waals surface area contributed by atoms with Crippen LogP contribution in [-0.2, 0) is 6.54 Å². The summed E-state index contributed by atoms with van der Waals surface area (Å²) in [6.07, 6.45) is 1.92. The van der Waals surface area contributed by atoms with Crippen LogP contribution in [0, 0.1) is 11.6 Å². The van der Waals surface area contributed by atoms with Gasteiger partial charge in [0.1, 0.15) is 17.5 Å². The first-order valence-corrected chi connectivity index (χ1v) is 9.03. The average Bonchev–Trinajstić information content (AvgIpc) is 3.02. The zero-order chi connectivity index (χ0) is 18.8. The molecule has 1 aromatic heterocycles. The van der Waals surface area contributed by atoms with Crippen LogP contribution in [0.2, 0.25) is 0 Å². The standard InChI is InChI=1S/C20H20F2N4O/c21-16-8-9-18(22)15(11-16)13-25-20(27)26(17-6-2-1-3-7-17)19(24-25)14-5-4-10-23-12-14/h1-3,6-9,11,14,23H,4-5,10,12-13H2. The second-order valence-corrected chi connectivity index (χ2v) is 6.75. The summed E-state index contributed by atoms with van der Waals surface area (Å²) < 4.78 is 30.3. The van der Waals surface area contributed by atoms with Crippen LogP contribution in [0.3, 0.4) is 0 Å². The fourth-order valence-corrected chi connectivity index (χ4v) is 3.51. The molecule has 2 aromatic carbocycles. The average molecular weight is 370 g/mol. The van der Waals surface area contributed by atoms with Gasteiger partial charge in [-0.15, -0.1) is 0 Å². The van der Waals surface area contributed by atoms with Gasteiger partial charge in [-0.05, 0) is 49.7 Å². The van der Waals surface area contributed by atoms with Gasteiger partial charge in [0.2, 0.25) is 0 Å². The van der Waals surface area contributed by atoms with Crippen molar-refractivity contribution in [3.63, 3.8) is 0 Å². The number of nitrogens with zero attached hydrogens (tertiary/aromatic N) is 3. The van der Waals surface area contributed by atoms with E-state index < -0.39 is 11.6 Å². The Labute approximate surface area is 155 Å². The summed E-state index contributed by atoms with van der Waals surface area (Å²) in [7, 11) is 0. The third-order valence-electron chi connectivity index (χ3n) is 4.87. The van der Waals surface area contributed by atoms with E-state index in [-0.39, 0.29) is 23.7 Å². The maximum absolute atomic E-state index is 14.0. The third kappa shape index (κ3) is 3.55. The number of hydrogen-bond acceptors (Lipinski definition) is 3. The number of benzene rings is 2. The van der Waals surface area contributed by atoms with Crippen molar-refractivity contribution < 1.29 is 8.78 Å². The molecular weight excluding hydrogens is 350 g/mol. The van der Waals surface area contributed by atoms with Crippen LogP contribution in [0.4, 0.5) is 8.78 Å². The minimum Gasteiger partial charge on any atom is -0.316 e. The van der Waals surface area contributed by atoms with E-state index >= 15 is 0 Å². The van der Waals surface area contributed by atoms with Gasteiger partial charge in [0.05, 0.1) is 12.2 Å². The van der Waals surface area contributed by atoms with Crippen LogP contribution < -0.4 is 11.0 Å². The molecule has 0 saturated carbocycles. The van der Waals surface area contributed by atoms with Gasteiger partial charge in [-0.25, -0.2) is 22.8 Å². The van der Waals surface area contributed by atoms with Gasteiger partial charge in [-0.3, -0.25) is 0 Å². The monoisotopic (exact) mass is 370 g/mol.